The number of amides is 1. The van der Waals surface area contributed by atoms with Crippen LogP contribution in [0.5, 0.6) is 5.75 Å². The van der Waals surface area contributed by atoms with Crippen molar-refractivity contribution in [3.05, 3.63) is 46.7 Å². The average Bonchev–Trinajstić information content (AvgIpc) is 3.68. The Kier molecular flexibility index (Phi) is 9.84. The molecule has 2 saturated heterocycles. The van der Waals surface area contributed by atoms with Crippen LogP contribution in [-0.4, -0.2) is 82.3 Å². The smallest absolute Gasteiger partial charge is 0.419 e. The van der Waals surface area contributed by atoms with E-state index in [1.54, 1.807) is 7.11 Å². The minimum absolute atomic E-state index is 0.0349. The largest absolute Gasteiger partial charge is 0.496 e. The van der Waals surface area contributed by atoms with Gasteiger partial charge in [-0.15, -0.1) is 0 Å². The van der Waals surface area contributed by atoms with Crippen LogP contribution in [-0.2, 0) is 22.3 Å². The highest BCUT2D eigenvalue weighted by Gasteiger charge is 2.39. The Morgan fingerprint density at radius 2 is 1.83 bits per heavy atom. The maximum Gasteiger partial charge on any atom is 0.419 e. The zero-order valence-corrected chi connectivity index (χ0v) is 26.9. The summed E-state index contributed by atoms with van der Waals surface area (Å²) in [5.41, 5.74) is -0.747. The molecular weight excluding hydrogens is 625 g/mol. The highest BCUT2D eigenvalue weighted by molar-refractivity contribution is 7.16. The van der Waals surface area contributed by atoms with Crippen molar-refractivity contribution < 1.29 is 37.3 Å². The number of carboxylic acids is 1. The van der Waals surface area contributed by atoms with Crippen LogP contribution in [0.4, 0.5) is 24.1 Å². The predicted octanol–water partition coefficient (Wildman–Crippen LogP) is 5.57. The second kappa shape index (κ2) is 13.5. The molecule has 1 atom stereocenters. The number of hydrogen-bond donors (Lipinski definition) is 2. The van der Waals surface area contributed by atoms with Crippen molar-refractivity contribution in [1.82, 2.24) is 19.9 Å². The molecule has 2 aliphatic heterocycles. The van der Waals surface area contributed by atoms with Crippen molar-refractivity contribution in [3.8, 4) is 17.0 Å². The number of alkyl halides is 3. The summed E-state index contributed by atoms with van der Waals surface area (Å²) in [6.45, 7) is 6.24. The van der Waals surface area contributed by atoms with Crippen LogP contribution in [0, 0.1) is 5.92 Å². The number of thiazole rings is 1. The molecule has 2 fully saturated rings. The number of nitrogens with zero attached hydrogens (tertiary/aromatic N) is 5. The summed E-state index contributed by atoms with van der Waals surface area (Å²) < 4.78 is 52.5. The molecule has 1 aromatic carbocycles. The first kappa shape index (κ1) is 33.5. The molecule has 2 N–H and O–H groups in total. The summed E-state index contributed by atoms with van der Waals surface area (Å²) in [4.78, 5) is 42.5. The van der Waals surface area contributed by atoms with Gasteiger partial charge in [-0.25, -0.2) is 15.0 Å². The lowest BCUT2D eigenvalue weighted by Crippen LogP contribution is -2.46. The Morgan fingerprint density at radius 3 is 2.43 bits per heavy atom. The van der Waals surface area contributed by atoms with Gasteiger partial charge in [-0.1, -0.05) is 11.3 Å². The molecule has 0 aliphatic carbocycles. The van der Waals surface area contributed by atoms with E-state index in [1.165, 1.54) is 43.0 Å². The number of aliphatic carboxylic acids is 1. The maximum absolute atomic E-state index is 13.9. The van der Waals surface area contributed by atoms with E-state index < -0.39 is 29.2 Å². The SMILES string of the molecule is COc1ccc(-c2nc(NC(=O)c3cnc(N4CCC(C(=O)O)CC4)cn3)sc2CN2CCCC2C(C)(C)OC)cc1C(F)(F)F. The van der Waals surface area contributed by atoms with Gasteiger partial charge in [-0.05, 0) is 64.3 Å². The van der Waals surface area contributed by atoms with E-state index >= 15 is 0 Å². The molecule has 46 heavy (non-hydrogen) atoms. The highest BCUT2D eigenvalue weighted by Crippen LogP contribution is 2.41. The fourth-order valence-electron chi connectivity index (χ4n) is 6.06. The van der Waals surface area contributed by atoms with Crippen molar-refractivity contribution in [2.75, 3.05) is 44.1 Å². The van der Waals surface area contributed by atoms with Crippen LogP contribution >= 0.6 is 11.3 Å². The first-order valence-corrected chi connectivity index (χ1v) is 15.8. The third-order valence-corrected chi connectivity index (χ3v) is 9.73. The number of halogens is 3. The maximum atomic E-state index is 13.9. The Morgan fingerprint density at radius 1 is 1.09 bits per heavy atom. The predicted molar refractivity (Wildman–Crippen MR) is 166 cm³/mol. The number of nitrogens with one attached hydrogen (secondary N) is 1. The normalized spacial score (nSPS) is 18.2. The number of benzene rings is 1. The quantitative estimate of drug-likeness (QED) is 0.284. The van der Waals surface area contributed by atoms with Gasteiger partial charge < -0.3 is 19.5 Å². The average molecular weight is 663 g/mol. The van der Waals surface area contributed by atoms with E-state index in [-0.39, 0.29) is 34.1 Å². The third kappa shape index (κ3) is 7.26. The Balaban J connectivity index is 1.40. The van der Waals surface area contributed by atoms with Crippen LogP contribution in [0.2, 0.25) is 0 Å². The van der Waals surface area contributed by atoms with Crippen LogP contribution in [0.15, 0.2) is 30.6 Å². The number of piperidine rings is 1. The molecule has 1 amide bonds. The molecule has 0 bridgehead atoms. The van der Waals surface area contributed by atoms with E-state index in [9.17, 15) is 27.9 Å². The zero-order chi connectivity index (χ0) is 33.2. The summed E-state index contributed by atoms with van der Waals surface area (Å²) >= 11 is 1.19. The van der Waals surface area contributed by atoms with E-state index in [1.807, 2.05) is 18.7 Å². The molecule has 2 aliphatic rings. The topological polar surface area (TPSA) is 130 Å². The van der Waals surface area contributed by atoms with Crippen molar-refractivity contribution in [2.24, 2.45) is 5.92 Å². The van der Waals surface area contributed by atoms with E-state index in [4.69, 9.17) is 9.47 Å². The summed E-state index contributed by atoms with van der Waals surface area (Å²) in [5.74, 6) is -1.52. The third-order valence-electron chi connectivity index (χ3n) is 8.77. The summed E-state index contributed by atoms with van der Waals surface area (Å²) in [6, 6.07) is 3.90. The number of likely N-dealkylation sites (tertiary alicyclic amines) is 1. The van der Waals surface area contributed by atoms with Crippen LogP contribution in [0.1, 0.15) is 60.5 Å². The number of carboxylic acid groups (broad SMARTS) is 1. The van der Waals surface area contributed by atoms with Gasteiger partial charge >= 0.3 is 12.1 Å². The molecule has 0 radical (unpaired) electrons. The van der Waals surface area contributed by atoms with Crippen molar-refractivity contribution >= 4 is 34.2 Å². The van der Waals surface area contributed by atoms with Gasteiger partial charge in [-0.2, -0.15) is 13.2 Å². The fourth-order valence-corrected chi connectivity index (χ4v) is 7.06. The summed E-state index contributed by atoms with van der Waals surface area (Å²) in [6.07, 6.45) is 1.00. The van der Waals surface area contributed by atoms with Crippen molar-refractivity contribution in [2.45, 2.75) is 63.9 Å². The molecule has 2 aromatic heterocycles. The van der Waals surface area contributed by atoms with Crippen molar-refractivity contribution in [3.63, 3.8) is 0 Å². The standard InChI is InChI=1S/C31H37F3N6O5S/c1-30(2,45-4)24-6-5-11-40(24)17-23-26(19-7-8-22(44-3)20(14-19)31(32,33)34)37-29(46-23)38-27(41)21-15-36-25(16-35-21)39-12-9-18(10-13-39)28(42)43/h7-8,14-16,18,24H,5-6,9-13,17H2,1-4H3,(H,42,43)(H,37,38,41). The van der Waals surface area contributed by atoms with Crippen LogP contribution < -0.4 is 15.0 Å². The number of carbonyl (C=O) groups excluding carboxylic acids is 1. The molecule has 0 spiro atoms. The minimum Gasteiger partial charge on any atom is -0.496 e. The molecule has 3 aromatic rings. The number of anilines is 2. The fraction of sp³-hybridized carbons (Fsp3) is 0.516. The second-order valence-corrected chi connectivity index (χ2v) is 13.0. The first-order chi connectivity index (χ1) is 21.8. The monoisotopic (exact) mass is 662 g/mol. The van der Waals surface area contributed by atoms with Crippen molar-refractivity contribution in [1.29, 1.82) is 0 Å². The lowest BCUT2D eigenvalue weighted by molar-refractivity contribution is -0.142. The minimum atomic E-state index is -4.64. The van der Waals surface area contributed by atoms with E-state index in [0.717, 1.165) is 25.5 Å². The number of rotatable bonds is 10. The molecule has 15 heteroatoms. The van der Waals surface area contributed by atoms with Gasteiger partial charge in [0.25, 0.3) is 5.91 Å². The van der Waals surface area contributed by atoms with E-state index in [0.29, 0.717) is 48.9 Å². The van der Waals surface area contributed by atoms with Gasteiger partial charge in [0.2, 0.25) is 0 Å². The Labute approximate surface area is 268 Å². The van der Waals surface area contributed by atoms with Crippen LogP contribution in [0.25, 0.3) is 11.3 Å². The number of aromatic nitrogens is 3. The summed E-state index contributed by atoms with van der Waals surface area (Å²) in [7, 11) is 2.85. The molecule has 5 rings (SSSR count). The van der Waals surface area contributed by atoms with Crippen LogP contribution in [0.3, 0.4) is 0 Å². The molecular formula is C31H37F3N6O5S. The zero-order valence-electron chi connectivity index (χ0n) is 26.1. The highest BCUT2D eigenvalue weighted by atomic mass is 32.1. The summed E-state index contributed by atoms with van der Waals surface area (Å²) in [5, 5.41) is 12.2. The van der Waals surface area contributed by atoms with E-state index in [2.05, 4.69) is 25.2 Å². The molecule has 0 saturated carbocycles. The number of hydrogen-bond acceptors (Lipinski definition) is 10. The molecule has 248 valence electrons. The molecule has 4 heterocycles. The number of ether oxygens (including phenoxy) is 2. The molecule has 1 unspecified atom stereocenters. The first-order valence-electron chi connectivity index (χ1n) is 15.0. The number of carbonyl (C=O) groups is 2. The molecule has 11 nitrogen and oxygen atoms in total. The Hall–Kier alpha value is -3.82. The van der Waals surface area contributed by atoms with Gasteiger partial charge in [0, 0.05) is 43.2 Å². The Bertz CT molecular complexity index is 1560. The van der Waals surface area contributed by atoms with Gasteiger partial charge in [0.1, 0.15) is 17.3 Å². The number of methoxy groups -OCH3 is 2. The lowest BCUT2D eigenvalue weighted by Gasteiger charge is -2.36. The van der Waals surface area contributed by atoms with Gasteiger partial charge in [0.15, 0.2) is 5.13 Å². The lowest BCUT2D eigenvalue weighted by atomic mass is 9.96. The second-order valence-electron chi connectivity index (χ2n) is 12.0. The van der Waals surface area contributed by atoms with Gasteiger partial charge in [-0.3, -0.25) is 19.8 Å². The van der Waals surface area contributed by atoms with Gasteiger partial charge in [0.05, 0.1) is 42.3 Å².